The van der Waals surface area contributed by atoms with Crippen molar-refractivity contribution in [2.75, 3.05) is 0 Å². The van der Waals surface area contributed by atoms with Crippen LogP contribution in [0.4, 0.5) is 0 Å². The molecule has 2 aromatic carbocycles. The molecule has 0 amide bonds. The quantitative estimate of drug-likeness (QED) is 0.580. The Morgan fingerprint density at radius 1 is 1.12 bits per heavy atom. The number of hydrogen-bond acceptors (Lipinski definition) is 1. The van der Waals surface area contributed by atoms with Crippen LogP contribution in [0.25, 0.3) is 10.8 Å². The predicted octanol–water partition coefficient (Wildman–Crippen LogP) is 7.05. The highest BCUT2D eigenvalue weighted by molar-refractivity contribution is 5.89. The lowest BCUT2D eigenvalue weighted by atomic mass is 9.82. The number of aryl methyl sites for hydroxylation is 2. The molecule has 25 heavy (non-hydrogen) atoms. The molecule has 3 rings (SSSR count). The van der Waals surface area contributed by atoms with Gasteiger partial charge < -0.3 is 5.11 Å². The second kappa shape index (κ2) is 8.08. The summed E-state index contributed by atoms with van der Waals surface area (Å²) in [6, 6.07) is 8.87. The van der Waals surface area contributed by atoms with Crippen LogP contribution in [0.1, 0.15) is 81.9 Å². The lowest BCUT2D eigenvalue weighted by molar-refractivity contribution is 0.415. The van der Waals surface area contributed by atoms with E-state index in [0.717, 1.165) is 19.3 Å². The number of allylic oxidation sites excluding steroid dienone is 2. The number of hydrogen-bond donors (Lipinski definition) is 1. The molecule has 0 aromatic heterocycles. The zero-order chi connectivity index (χ0) is 17.8. The van der Waals surface area contributed by atoms with Crippen molar-refractivity contribution in [3.8, 4) is 5.75 Å². The Morgan fingerprint density at radius 2 is 1.88 bits per heavy atom. The van der Waals surface area contributed by atoms with Gasteiger partial charge in [-0.05, 0) is 91.5 Å². The third kappa shape index (κ3) is 4.08. The van der Waals surface area contributed by atoms with Crippen molar-refractivity contribution in [1.29, 1.82) is 0 Å². The van der Waals surface area contributed by atoms with Crippen molar-refractivity contribution in [2.24, 2.45) is 0 Å². The molecule has 1 aliphatic rings. The summed E-state index contributed by atoms with van der Waals surface area (Å²) in [7, 11) is 0. The van der Waals surface area contributed by atoms with Gasteiger partial charge in [-0.15, -0.1) is 0 Å². The molecule has 0 heterocycles. The summed E-state index contributed by atoms with van der Waals surface area (Å²) in [5, 5.41) is 13.3. The van der Waals surface area contributed by atoms with E-state index in [0.29, 0.717) is 11.7 Å². The van der Waals surface area contributed by atoms with Crippen molar-refractivity contribution < 1.29 is 5.11 Å². The van der Waals surface area contributed by atoms with Gasteiger partial charge >= 0.3 is 0 Å². The molecule has 1 N–H and O–H groups in total. The van der Waals surface area contributed by atoms with Gasteiger partial charge in [-0.1, -0.05) is 50.0 Å². The minimum Gasteiger partial charge on any atom is -0.508 e. The average molecular weight is 337 g/mol. The topological polar surface area (TPSA) is 20.2 Å². The van der Waals surface area contributed by atoms with Crippen LogP contribution >= 0.6 is 0 Å². The maximum absolute atomic E-state index is 10.8. The standard InChI is InChI=1S/C24H32O/c1-4-18-13-14-20-15-23(19-10-6-5-7-11-19)24(25)16-22(20)21(18)12-8-9-17(2)3/h9,13-16,19,25H,4-8,10-12H2,1-3H3. The van der Waals surface area contributed by atoms with Crippen LogP contribution in [-0.4, -0.2) is 5.11 Å². The fraction of sp³-hybridized carbons (Fsp3) is 0.500. The van der Waals surface area contributed by atoms with E-state index in [4.69, 9.17) is 0 Å². The van der Waals surface area contributed by atoms with Gasteiger partial charge in [0.1, 0.15) is 5.75 Å². The molecule has 0 bridgehead atoms. The Hall–Kier alpha value is -1.76. The van der Waals surface area contributed by atoms with E-state index in [1.807, 2.05) is 0 Å². The first-order valence-corrected chi connectivity index (χ1v) is 10.0. The molecule has 0 aliphatic heterocycles. The predicted molar refractivity (Wildman–Crippen MR) is 109 cm³/mol. The van der Waals surface area contributed by atoms with E-state index in [2.05, 4.69) is 51.1 Å². The Bertz CT molecular complexity index is 759. The first-order chi connectivity index (χ1) is 12.1. The van der Waals surface area contributed by atoms with Gasteiger partial charge in [-0.3, -0.25) is 0 Å². The lowest BCUT2D eigenvalue weighted by Crippen LogP contribution is -2.05. The number of benzene rings is 2. The molecular weight excluding hydrogens is 304 g/mol. The van der Waals surface area contributed by atoms with Crippen LogP contribution in [0.5, 0.6) is 5.75 Å². The van der Waals surface area contributed by atoms with Gasteiger partial charge in [0.05, 0.1) is 0 Å². The molecule has 1 nitrogen and oxygen atoms in total. The monoisotopic (exact) mass is 336 g/mol. The number of fused-ring (bicyclic) bond motifs is 1. The van der Waals surface area contributed by atoms with Crippen LogP contribution in [0.15, 0.2) is 35.9 Å². The molecule has 2 aromatic rings. The normalized spacial score (nSPS) is 15.5. The molecule has 1 fully saturated rings. The lowest BCUT2D eigenvalue weighted by Gasteiger charge is -2.23. The Balaban J connectivity index is 2.01. The number of phenolic OH excluding ortho intramolecular Hbond substituents is 1. The van der Waals surface area contributed by atoms with Crippen LogP contribution in [0.3, 0.4) is 0 Å². The molecule has 1 aliphatic carbocycles. The van der Waals surface area contributed by atoms with Gasteiger partial charge in [-0.2, -0.15) is 0 Å². The third-order valence-electron chi connectivity index (χ3n) is 5.75. The van der Waals surface area contributed by atoms with E-state index in [9.17, 15) is 5.11 Å². The number of phenols is 1. The minimum atomic E-state index is 0.510. The molecule has 1 heteroatoms. The maximum Gasteiger partial charge on any atom is 0.119 e. The van der Waals surface area contributed by atoms with E-state index in [1.54, 1.807) is 0 Å². The van der Waals surface area contributed by atoms with Crippen LogP contribution in [0, 0.1) is 0 Å². The Labute approximate surface area is 152 Å². The van der Waals surface area contributed by atoms with E-state index in [1.165, 1.54) is 65.1 Å². The SMILES string of the molecule is CCc1ccc2cc(C3CCCCC3)c(O)cc2c1CCC=C(C)C. The molecule has 1 saturated carbocycles. The van der Waals surface area contributed by atoms with Gasteiger partial charge in [-0.25, -0.2) is 0 Å². The van der Waals surface area contributed by atoms with E-state index < -0.39 is 0 Å². The Morgan fingerprint density at radius 3 is 2.56 bits per heavy atom. The molecule has 134 valence electrons. The largest absolute Gasteiger partial charge is 0.508 e. The minimum absolute atomic E-state index is 0.510. The van der Waals surface area contributed by atoms with Gasteiger partial charge in [0.25, 0.3) is 0 Å². The van der Waals surface area contributed by atoms with Gasteiger partial charge in [0.2, 0.25) is 0 Å². The first kappa shape index (κ1) is 18.0. The fourth-order valence-electron chi connectivity index (χ4n) is 4.36. The van der Waals surface area contributed by atoms with Gasteiger partial charge in [0.15, 0.2) is 0 Å². The van der Waals surface area contributed by atoms with Crippen LogP contribution < -0.4 is 0 Å². The highest BCUT2D eigenvalue weighted by Crippen LogP contribution is 2.40. The zero-order valence-electron chi connectivity index (χ0n) is 16.1. The highest BCUT2D eigenvalue weighted by atomic mass is 16.3. The average Bonchev–Trinajstić information content (AvgIpc) is 2.62. The number of rotatable bonds is 5. The fourth-order valence-corrected chi connectivity index (χ4v) is 4.36. The highest BCUT2D eigenvalue weighted by Gasteiger charge is 2.20. The van der Waals surface area contributed by atoms with Crippen molar-refractivity contribution in [1.82, 2.24) is 0 Å². The number of aromatic hydroxyl groups is 1. The van der Waals surface area contributed by atoms with Crippen LogP contribution in [-0.2, 0) is 12.8 Å². The summed E-state index contributed by atoms with van der Waals surface area (Å²) in [6.07, 6.45) is 11.9. The smallest absolute Gasteiger partial charge is 0.119 e. The molecule has 0 atom stereocenters. The summed E-state index contributed by atoms with van der Waals surface area (Å²) in [6.45, 7) is 6.54. The molecule has 0 spiro atoms. The van der Waals surface area contributed by atoms with Crippen molar-refractivity contribution in [3.05, 3.63) is 52.6 Å². The van der Waals surface area contributed by atoms with E-state index >= 15 is 0 Å². The van der Waals surface area contributed by atoms with Gasteiger partial charge in [0, 0.05) is 0 Å². The summed E-state index contributed by atoms with van der Waals surface area (Å²) < 4.78 is 0. The van der Waals surface area contributed by atoms with E-state index in [-0.39, 0.29) is 0 Å². The maximum atomic E-state index is 10.8. The summed E-state index contributed by atoms with van der Waals surface area (Å²) in [5.74, 6) is 1.05. The Kier molecular flexibility index (Phi) is 5.83. The molecule has 0 saturated heterocycles. The summed E-state index contributed by atoms with van der Waals surface area (Å²) in [4.78, 5) is 0. The zero-order valence-corrected chi connectivity index (χ0v) is 16.1. The second-order valence-corrected chi connectivity index (χ2v) is 7.84. The van der Waals surface area contributed by atoms with Crippen molar-refractivity contribution in [2.45, 2.75) is 78.1 Å². The molecule has 0 unspecified atom stereocenters. The molecule has 0 radical (unpaired) electrons. The van der Waals surface area contributed by atoms with Crippen molar-refractivity contribution >= 4 is 10.8 Å². The summed E-state index contributed by atoms with van der Waals surface area (Å²) in [5.41, 5.74) is 5.38. The first-order valence-electron chi connectivity index (χ1n) is 10.0. The summed E-state index contributed by atoms with van der Waals surface area (Å²) >= 11 is 0. The third-order valence-corrected chi connectivity index (χ3v) is 5.75. The van der Waals surface area contributed by atoms with Crippen LogP contribution in [0.2, 0.25) is 0 Å². The molecular formula is C24H32O. The van der Waals surface area contributed by atoms with Crippen molar-refractivity contribution in [3.63, 3.8) is 0 Å². The second-order valence-electron chi connectivity index (χ2n) is 7.84.